The van der Waals surface area contributed by atoms with Crippen LogP contribution in [0.5, 0.6) is 0 Å². The van der Waals surface area contributed by atoms with E-state index in [-0.39, 0.29) is 12.1 Å². The first-order valence-electron chi connectivity index (χ1n) is 5.52. The third-order valence-corrected chi connectivity index (χ3v) is 3.40. The van der Waals surface area contributed by atoms with Gasteiger partial charge in [0.15, 0.2) is 0 Å². The van der Waals surface area contributed by atoms with Crippen LogP contribution in [-0.4, -0.2) is 23.5 Å². The van der Waals surface area contributed by atoms with Crippen molar-refractivity contribution in [2.45, 2.75) is 38.1 Å². The maximum atomic E-state index is 11.2. The topological polar surface area (TPSA) is 46.3 Å². The van der Waals surface area contributed by atoms with E-state index in [1.165, 1.54) is 25.7 Å². The molecule has 0 aromatic rings. The predicted molar refractivity (Wildman–Crippen MR) is 55.8 cm³/mol. The zero-order valence-corrected chi connectivity index (χ0v) is 8.48. The average molecular weight is 194 g/mol. The highest BCUT2D eigenvalue weighted by atomic mass is 16.2. The van der Waals surface area contributed by atoms with Gasteiger partial charge in [0.05, 0.1) is 6.04 Å². The number of urea groups is 1. The molecule has 0 radical (unpaired) electrons. The maximum Gasteiger partial charge on any atom is 0.315 e. The van der Waals surface area contributed by atoms with Crippen molar-refractivity contribution in [3.05, 3.63) is 12.2 Å². The lowest BCUT2D eigenvalue weighted by Gasteiger charge is -2.34. The van der Waals surface area contributed by atoms with Crippen LogP contribution in [0, 0.1) is 5.92 Å². The van der Waals surface area contributed by atoms with E-state index >= 15 is 0 Å². The predicted octanol–water partition coefficient (Wildman–Crippen LogP) is 1.89. The molecule has 0 saturated heterocycles. The van der Waals surface area contributed by atoms with Crippen molar-refractivity contribution in [1.82, 2.24) is 4.90 Å². The van der Waals surface area contributed by atoms with Gasteiger partial charge in [0.2, 0.25) is 0 Å². The molecule has 1 unspecified atom stereocenters. The molecule has 0 spiro atoms. The number of carbonyl (C=O) groups excluding carboxylic acids is 1. The van der Waals surface area contributed by atoms with Crippen molar-refractivity contribution in [1.29, 1.82) is 0 Å². The Balaban J connectivity index is 2.08. The average Bonchev–Trinajstić information content (AvgIpc) is 2.70. The van der Waals surface area contributed by atoms with E-state index in [1.54, 1.807) is 0 Å². The summed E-state index contributed by atoms with van der Waals surface area (Å²) in [6.07, 6.45) is 10.4. The second-order valence-corrected chi connectivity index (χ2v) is 4.28. The van der Waals surface area contributed by atoms with E-state index in [2.05, 4.69) is 12.2 Å². The Kier molecular flexibility index (Phi) is 2.75. The normalized spacial score (nSPS) is 28.3. The fraction of sp³-hybridized carbons (Fsp3) is 0.727. The van der Waals surface area contributed by atoms with E-state index < -0.39 is 0 Å². The highest BCUT2D eigenvalue weighted by Gasteiger charge is 2.30. The van der Waals surface area contributed by atoms with Gasteiger partial charge in [-0.05, 0) is 25.2 Å². The summed E-state index contributed by atoms with van der Waals surface area (Å²) >= 11 is 0. The summed E-state index contributed by atoms with van der Waals surface area (Å²) in [6.45, 7) is 0.799. The van der Waals surface area contributed by atoms with Gasteiger partial charge >= 0.3 is 6.03 Å². The summed E-state index contributed by atoms with van der Waals surface area (Å²) in [6, 6.07) is 0.0231. The van der Waals surface area contributed by atoms with Gasteiger partial charge in [0, 0.05) is 6.54 Å². The third-order valence-electron chi connectivity index (χ3n) is 3.40. The van der Waals surface area contributed by atoms with E-state index in [4.69, 9.17) is 5.73 Å². The number of nitrogens with two attached hydrogens (primary N) is 1. The Hall–Kier alpha value is -0.990. The van der Waals surface area contributed by atoms with E-state index in [0.717, 1.165) is 13.0 Å². The van der Waals surface area contributed by atoms with Crippen LogP contribution < -0.4 is 5.73 Å². The number of carbonyl (C=O) groups is 1. The molecule has 1 aliphatic carbocycles. The third kappa shape index (κ3) is 1.76. The standard InChI is InChI=1S/C11H18N2O/c12-11(14)13-8-4-3-7-10(13)9-5-1-2-6-9/h3,7,9-10H,1-2,4-6,8H2,(H2,12,14). The molecule has 3 heteroatoms. The summed E-state index contributed by atoms with van der Waals surface area (Å²) in [5.41, 5.74) is 5.38. The van der Waals surface area contributed by atoms with Crippen LogP contribution in [0.3, 0.4) is 0 Å². The molecule has 78 valence electrons. The summed E-state index contributed by atoms with van der Waals surface area (Å²) in [5.74, 6) is 0.652. The van der Waals surface area contributed by atoms with Crippen LogP contribution in [0.4, 0.5) is 4.79 Å². The monoisotopic (exact) mass is 194 g/mol. The molecule has 3 nitrogen and oxygen atoms in total. The minimum absolute atomic E-state index is 0.258. The Bertz CT molecular complexity index is 244. The van der Waals surface area contributed by atoms with Gasteiger partial charge in [0.1, 0.15) is 0 Å². The number of hydrogen-bond donors (Lipinski definition) is 1. The number of rotatable bonds is 1. The van der Waals surface area contributed by atoms with Crippen LogP contribution in [-0.2, 0) is 0 Å². The molecule has 1 heterocycles. The Morgan fingerprint density at radius 3 is 2.71 bits per heavy atom. The van der Waals surface area contributed by atoms with Crippen LogP contribution >= 0.6 is 0 Å². The molecular weight excluding hydrogens is 176 g/mol. The first kappa shape index (κ1) is 9.56. The molecule has 2 N–H and O–H groups in total. The molecule has 0 bridgehead atoms. The van der Waals surface area contributed by atoms with Crippen molar-refractivity contribution in [3.63, 3.8) is 0 Å². The van der Waals surface area contributed by atoms with Gasteiger partial charge in [-0.1, -0.05) is 25.0 Å². The fourth-order valence-corrected chi connectivity index (χ4v) is 2.67. The van der Waals surface area contributed by atoms with Gasteiger partial charge in [0.25, 0.3) is 0 Å². The minimum Gasteiger partial charge on any atom is -0.351 e. The molecule has 2 amide bonds. The second kappa shape index (κ2) is 4.03. The maximum absolute atomic E-state index is 11.2. The molecule has 0 aromatic carbocycles. The Morgan fingerprint density at radius 1 is 1.36 bits per heavy atom. The smallest absolute Gasteiger partial charge is 0.315 e. The first-order valence-corrected chi connectivity index (χ1v) is 5.52. The fourth-order valence-electron chi connectivity index (χ4n) is 2.67. The molecule has 1 fully saturated rings. The SMILES string of the molecule is NC(=O)N1CCC=CC1C1CCCC1. The van der Waals surface area contributed by atoms with Crippen LogP contribution in [0.2, 0.25) is 0 Å². The number of primary amides is 1. The van der Waals surface area contributed by atoms with E-state index in [9.17, 15) is 4.79 Å². The highest BCUT2D eigenvalue weighted by molar-refractivity contribution is 5.73. The second-order valence-electron chi connectivity index (χ2n) is 4.28. The van der Waals surface area contributed by atoms with E-state index in [1.807, 2.05) is 4.90 Å². The van der Waals surface area contributed by atoms with Crippen LogP contribution in [0.15, 0.2) is 12.2 Å². The number of hydrogen-bond acceptors (Lipinski definition) is 1. The number of amides is 2. The van der Waals surface area contributed by atoms with Crippen molar-refractivity contribution < 1.29 is 4.79 Å². The molecular formula is C11H18N2O. The Morgan fingerprint density at radius 2 is 2.07 bits per heavy atom. The van der Waals surface area contributed by atoms with Crippen molar-refractivity contribution >= 4 is 6.03 Å². The zero-order valence-electron chi connectivity index (χ0n) is 8.48. The zero-order chi connectivity index (χ0) is 9.97. The number of nitrogens with zero attached hydrogens (tertiary/aromatic N) is 1. The van der Waals surface area contributed by atoms with Crippen molar-refractivity contribution in [2.24, 2.45) is 11.7 Å². The van der Waals surface area contributed by atoms with Gasteiger partial charge in [-0.2, -0.15) is 0 Å². The summed E-state index contributed by atoms with van der Waals surface area (Å²) in [7, 11) is 0. The van der Waals surface area contributed by atoms with Crippen molar-refractivity contribution in [2.75, 3.05) is 6.54 Å². The molecule has 2 aliphatic rings. The summed E-state index contributed by atoms with van der Waals surface area (Å²) < 4.78 is 0. The minimum atomic E-state index is -0.258. The molecule has 2 rings (SSSR count). The lowest BCUT2D eigenvalue weighted by atomic mass is 9.94. The summed E-state index contributed by atoms with van der Waals surface area (Å²) in [4.78, 5) is 13.1. The van der Waals surface area contributed by atoms with Gasteiger partial charge in [-0.15, -0.1) is 0 Å². The highest BCUT2D eigenvalue weighted by Crippen LogP contribution is 2.32. The van der Waals surface area contributed by atoms with Crippen LogP contribution in [0.25, 0.3) is 0 Å². The lowest BCUT2D eigenvalue weighted by Crippen LogP contribution is -2.47. The molecule has 0 aromatic heterocycles. The molecule has 14 heavy (non-hydrogen) atoms. The quantitative estimate of drug-likeness (QED) is 0.636. The first-order chi connectivity index (χ1) is 6.79. The molecule has 1 atom stereocenters. The Labute approximate surface area is 84.9 Å². The van der Waals surface area contributed by atoms with Gasteiger partial charge < -0.3 is 10.6 Å². The molecule has 1 saturated carbocycles. The van der Waals surface area contributed by atoms with E-state index in [0.29, 0.717) is 5.92 Å². The van der Waals surface area contributed by atoms with Crippen molar-refractivity contribution in [3.8, 4) is 0 Å². The van der Waals surface area contributed by atoms with Gasteiger partial charge in [-0.3, -0.25) is 0 Å². The lowest BCUT2D eigenvalue weighted by molar-refractivity contribution is 0.172. The van der Waals surface area contributed by atoms with Gasteiger partial charge in [-0.25, -0.2) is 4.79 Å². The molecule has 1 aliphatic heterocycles. The van der Waals surface area contributed by atoms with Crippen LogP contribution in [0.1, 0.15) is 32.1 Å². The largest absolute Gasteiger partial charge is 0.351 e. The summed E-state index contributed by atoms with van der Waals surface area (Å²) in [5, 5.41) is 0.